The molecule has 4 rings (SSSR count). The molecular formula is C26H28FN3O. The summed E-state index contributed by atoms with van der Waals surface area (Å²) in [6.07, 6.45) is 2.97. The van der Waals surface area contributed by atoms with Crippen molar-refractivity contribution in [2.24, 2.45) is 5.92 Å². The lowest BCUT2D eigenvalue weighted by molar-refractivity contribution is -0.130. The number of amides is 1. The third kappa shape index (κ3) is 6.22. The summed E-state index contributed by atoms with van der Waals surface area (Å²) in [5.41, 5.74) is 3.18. The molecule has 0 saturated carbocycles. The number of nitrogens with zero attached hydrogens (tertiary/aromatic N) is 3. The number of pyridine rings is 1. The van der Waals surface area contributed by atoms with Gasteiger partial charge in [0.1, 0.15) is 5.82 Å². The number of carbonyl (C=O) groups excluding carboxylic acids is 1. The van der Waals surface area contributed by atoms with Crippen LogP contribution in [-0.2, 0) is 24.2 Å². The zero-order valence-corrected chi connectivity index (χ0v) is 17.7. The van der Waals surface area contributed by atoms with Gasteiger partial charge in [-0.2, -0.15) is 0 Å². The highest BCUT2D eigenvalue weighted by Crippen LogP contribution is 2.18. The van der Waals surface area contributed by atoms with Gasteiger partial charge in [0.05, 0.1) is 6.42 Å². The maximum absolute atomic E-state index is 13.2. The first kappa shape index (κ1) is 21.2. The maximum Gasteiger partial charge on any atom is 0.227 e. The van der Waals surface area contributed by atoms with Crippen LogP contribution in [0.1, 0.15) is 16.8 Å². The van der Waals surface area contributed by atoms with E-state index in [1.165, 1.54) is 17.7 Å². The summed E-state index contributed by atoms with van der Waals surface area (Å²) < 4.78 is 13.2. The first-order valence-electron chi connectivity index (χ1n) is 10.8. The third-order valence-corrected chi connectivity index (χ3v) is 5.78. The fraction of sp³-hybridized carbons (Fsp3) is 0.308. The van der Waals surface area contributed by atoms with E-state index in [1.54, 1.807) is 12.1 Å². The van der Waals surface area contributed by atoms with E-state index in [-0.39, 0.29) is 11.7 Å². The first-order valence-corrected chi connectivity index (χ1v) is 10.8. The molecule has 1 aliphatic heterocycles. The minimum atomic E-state index is -0.280. The van der Waals surface area contributed by atoms with Gasteiger partial charge in [-0.1, -0.05) is 48.5 Å². The van der Waals surface area contributed by atoms with E-state index in [1.807, 2.05) is 29.3 Å². The van der Waals surface area contributed by atoms with Gasteiger partial charge in [0.25, 0.3) is 0 Å². The molecule has 0 spiro atoms. The van der Waals surface area contributed by atoms with E-state index in [2.05, 4.69) is 40.2 Å². The predicted molar refractivity (Wildman–Crippen MR) is 120 cm³/mol. The van der Waals surface area contributed by atoms with E-state index in [0.29, 0.717) is 25.4 Å². The van der Waals surface area contributed by atoms with Gasteiger partial charge in [0.15, 0.2) is 0 Å². The minimum Gasteiger partial charge on any atom is -0.341 e. The van der Waals surface area contributed by atoms with Crippen molar-refractivity contribution in [1.29, 1.82) is 0 Å². The predicted octanol–water partition coefficient (Wildman–Crippen LogP) is 3.97. The van der Waals surface area contributed by atoms with Gasteiger partial charge in [-0.3, -0.25) is 14.7 Å². The molecule has 31 heavy (non-hydrogen) atoms. The van der Waals surface area contributed by atoms with Crippen LogP contribution < -0.4 is 0 Å². The Labute approximate surface area is 183 Å². The van der Waals surface area contributed by atoms with Gasteiger partial charge in [0.2, 0.25) is 5.91 Å². The average Bonchev–Trinajstić information content (AvgIpc) is 2.99. The maximum atomic E-state index is 13.2. The summed E-state index contributed by atoms with van der Waals surface area (Å²) in [4.78, 5) is 22.0. The average molecular weight is 418 g/mol. The molecular weight excluding hydrogens is 389 g/mol. The summed E-state index contributed by atoms with van der Waals surface area (Å²) in [6.45, 7) is 4.04. The summed E-state index contributed by atoms with van der Waals surface area (Å²) >= 11 is 0. The van der Waals surface area contributed by atoms with Gasteiger partial charge in [-0.15, -0.1) is 0 Å². The molecule has 0 aliphatic carbocycles. The van der Waals surface area contributed by atoms with Crippen LogP contribution in [0.4, 0.5) is 4.39 Å². The van der Waals surface area contributed by atoms with E-state index < -0.39 is 0 Å². The highest BCUT2D eigenvalue weighted by atomic mass is 19.1. The SMILES string of the molecule is O=C(Cc1ccc(F)cc1)N1CCN(Cc2ccccc2)C[C@@H](Cc2ccccn2)C1. The normalized spacial score (nSPS) is 17.3. The Morgan fingerprint density at radius 2 is 1.68 bits per heavy atom. The van der Waals surface area contributed by atoms with E-state index in [9.17, 15) is 9.18 Å². The molecule has 4 nitrogen and oxygen atoms in total. The first-order chi connectivity index (χ1) is 15.2. The highest BCUT2D eigenvalue weighted by Gasteiger charge is 2.26. The fourth-order valence-electron chi connectivity index (χ4n) is 4.22. The van der Waals surface area contributed by atoms with Crippen LogP contribution in [0.25, 0.3) is 0 Å². The standard InChI is InChI=1S/C26H28FN3O/c27-24-11-9-21(10-12-24)17-26(31)30-15-14-29(18-22-6-2-1-3-7-22)19-23(20-30)16-25-8-4-5-13-28-25/h1-13,23H,14-20H2/t23-/m1/s1. The molecule has 1 aromatic heterocycles. The van der Waals surface area contributed by atoms with Crippen molar-refractivity contribution >= 4 is 5.91 Å². The van der Waals surface area contributed by atoms with Crippen molar-refractivity contribution in [3.63, 3.8) is 0 Å². The van der Waals surface area contributed by atoms with Crippen LogP contribution in [-0.4, -0.2) is 46.9 Å². The van der Waals surface area contributed by atoms with Gasteiger partial charge in [-0.25, -0.2) is 4.39 Å². The van der Waals surface area contributed by atoms with Crippen LogP contribution in [0.3, 0.4) is 0 Å². The Balaban J connectivity index is 1.47. The molecule has 3 aromatic rings. The number of benzene rings is 2. The second kappa shape index (κ2) is 10.3. The molecule has 2 aromatic carbocycles. The topological polar surface area (TPSA) is 36.4 Å². The van der Waals surface area contributed by atoms with Gasteiger partial charge < -0.3 is 4.90 Å². The minimum absolute atomic E-state index is 0.0965. The van der Waals surface area contributed by atoms with Gasteiger partial charge in [0, 0.05) is 44.6 Å². The molecule has 1 amide bonds. The number of aromatic nitrogens is 1. The summed E-state index contributed by atoms with van der Waals surface area (Å²) in [5, 5.41) is 0. The van der Waals surface area contributed by atoms with Crippen LogP contribution >= 0.6 is 0 Å². The van der Waals surface area contributed by atoms with Crippen molar-refractivity contribution < 1.29 is 9.18 Å². The molecule has 160 valence electrons. The smallest absolute Gasteiger partial charge is 0.227 e. The Bertz CT molecular complexity index is 963. The number of hydrogen-bond acceptors (Lipinski definition) is 3. The largest absolute Gasteiger partial charge is 0.341 e. The van der Waals surface area contributed by atoms with Crippen molar-refractivity contribution in [3.05, 3.63) is 102 Å². The monoisotopic (exact) mass is 417 g/mol. The zero-order valence-electron chi connectivity index (χ0n) is 17.7. The van der Waals surface area contributed by atoms with Crippen LogP contribution in [0.15, 0.2) is 79.0 Å². The van der Waals surface area contributed by atoms with E-state index >= 15 is 0 Å². The number of hydrogen-bond donors (Lipinski definition) is 0. The molecule has 1 atom stereocenters. The van der Waals surface area contributed by atoms with Crippen molar-refractivity contribution in [1.82, 2.24) is 14.8 Å². The lowest BCUT2D eigenvalue weighted by Crippen LogP contribution is -2.37. The summed E-state index contributed by atoms with van der Waals surface area (Å²) in [6, 6.07) is 22.7. The lowest BCUT2D eigenvalue weighted by Gasteiger charge is -2.24. The second-order valence-corrected chi connectivity index (χ2v) is 8.25. The quantitative estimate of drug-likeness (QED) is 0.609. The Hall–Kier alpha value is -3.05. The Kier molecular flexibility index (Phi) is 7.05. The highest BCUT2D eigenvalue weighted by molar-refractivity contribution is 5.78. The Morgan fingerprint density at radius 1 is 0.903 bits per heavy atom. The third-order valence-electron chi connectivity index (χ3n) is 5.78. The van der Waals surface area contributed by atoms with Crippen molar-refractivity contribution in [3.8, 4) is 0 Å². The molecule has 2 heterocycles. The zero-order chi connectivity index (χ0) is 21.5. The summed E-state index contributed by atoms with van der Waals surface area (Å²) in [5.74, 6) is 0.121. The van der Waals surface area contributed by atoms with Gasteiger partial charge >= 0.3 is 0 Å². The fourth-order valence-corrected chi connectivity index (χ4v) is 4.22. The van der Waals surface area contributed by atoms with Crippen LogP contribution in [0, 0.1) is 11.7 Å². The number of carbonyl (C=O) groups is 1. The Morgan fingerprint density at radius 3 is 2.42 bits per heavy atom. The molecule has 1 fully saturated rings. The number of rotatable bonds is 6. The molecule has 1 saturated heterocycles. The van der Waals surface area contributed by atoms with E-state index in [4.69, 9.17) is 0 Å². The van der Waals surface area contributed by atoms with Gasteiger partial charge in [-0.05, 0) is 47.7 Å². The van der Waals surface area contributed by atoms with E-state index in [0.717, 1.165) is 37.3 Å². The van der Waals surface area contributed by atoms with Crippen molar-refractivity contribution in [2.75, 3.05) is 26.2 Å². The van der Waals surface area contributed by atoms with Crippen molar-refractivity contribution in [2.45, 2.75) is 19.4 Å². The molecule has 0 radical (unpaired) electrons. The van der Waals surface area contributed by atoms with Crippen LogP contribution in [0.2, 0.25) is 0 Å². The number of halogens is 1. The molecule has 0 N–H and O–H groups in total. The summed E-state index contributed by atoms with van der Waals surface area (Å²) in [7, 11) is 0. The molecule has 0 bridgehead atoms. The lowest BCUT2D eigenvalue weighted by atomic mass is 10.0. The molecule has 5 heteroatoms. The second-order valence-electron chi connectivity index (χ2n) is 8.25. The van der Waals surface area contributed by atoms with Crippen LogP contribution in [0.5, 0.6) is 0 Å². The molecule has 1 aliphatic rings. The molecule has 0 unspecified atom stereocenters.